The molecule has 0 aliphatic heterocycles. The second kappa shape index (κ2) is 16.3. The standard InChI is InChI=1S/La.O.Pr.Zr. The molecule has 0 heterocycles. The van der Waals surface area contributed by atoms with E-state index in [1.165, 1.54) is 0 Å². The molecule has 0 amide bonds. The maximum Gasteiger partial charge on any atom is 0 e. The third-order valence-corrected chi connectivity index (χ3v) is 0. The van der Waals surface area contributed by atoms with Gasteiger partial charge in [0.05, 0.1) is 0 Å². The topological polar surface area (TPSA) is 17.1 Å². The predicted octanol–water partition coefficient (Wildman–Crippen LogP) is -0.121. The molecule has 0 aromatic rings. The van der Waals surface area contributed by atoms with Crippen molar-refractivity contribution in [3.05, 3.63) is 0 Å². The van der Waals surface area contributed by atoms with Crippen LogP contribution < -0.4 is 0 Å². The Morgan fingerprint density at radius 2 is 1.25 bits per heavy atom. The predicted molar refractivity (Wildman–Crippen MR) is 0.686 cm³/mol. The Kier molecular flexibility index (Phi) is 64.0. The van der Waals surface area contributed by atoms with Gasteiger partial charge in [-0.05, 0) is 0 Å². The summed E-state index contributed by atoms with van der Waals surface area (Å²) < 4.78 is 8.42. The molecule has 1 nitrogen and oxygen atoms in total. The van der Waals surface area contributed by atoms with Crippen LogP contribution in [0.1, 0.15) is 0 Å². The zero-order valence-electron chi connectivity index (χ0n) is 2.06. The molecule has 0 fully saturated rings. The van der Waals surface area contributed by atoms with Crippen LogP contribution in [0.4, 0.5) is 0 Å². The van der Waals surface area contributed by atoms with E-state index in [0.717, 1.165) is 0 Å². The Morgan fingerprint density at radius 1 is 1.25 bits per heavy atom. The largest absolute Gasteiger partial charge is 0 e. The normalized spacial score (nSPS) is 1.50. The van der Waals surface area contributed by atoms with Crippen LogP contribution in [0.2, 0.25) is 0 Å². The van der Waals surface area contributed by atoms with Crippen LogP contribution >= 0.6 is 0 Å². The van der Waals surface area contributed by atoms with Crippen LogP contribution in [0.25, 0.3) is 0 Å². The molecule has 0 bridgehead atoms. The van der Waals surface area contributed by atoms with Gasteiger partial charge in [-0.3, -0.25) is 0 Å². The first kappa shape index (κ1) is 15.7. The molecule has 16 valence electrons. The molecule has 1 radical (unpaired) electrons. The molecular weight excluding hydrogens is 387 g/mol. The van der Waals surface area contributed by atoms with Crippen molar-refractivity contribution < 1.29 is 102 Å². The van der Waals surface area contributed by atoms with Crippen LogP contribution in [-0.4, -0.2) is 0 Å². The molecule has 0 aliphatic carbocycles. The van der Waals surface area contributed by atoms with E-state index < -0.39 is 0 Å². The van der Waals surface area contributed by atoms with E-state index in [0.29, 0.717) is 0 Å². The molecule has 0 atom stereocenters. The van der Waals surface area contributed by atoms with E-state index in [1.54, 1.807) is 0 Å². The summed E-state index contributed by atoms with van der Waals surface area (Å²) in [5.41, 5.74) is 0. The second-order valence-electron chi connectivity index (χ2n) is 0. The summed E-state index contributed by atoms with van der Waals surface area (Å²) in [6, 6.07) is 0. The molecule has 4 heavy (non-hydrogen) atoms. The Labute approximate surface area is 99.2 Å². The molecule has 0 saturated carbocycles. The maximum atomic E-state index is 8.42. The molecule has 0 aromatic heterocycles. The van der Waals surface area contributed by atoms with Crippen molar-refractivity contribution in [3.8, 4) is 0 Å². The van der Waals surface area contributed by atoms with Gasteiger partial charge in [-0.2, -0.15) is 0 Å². The first-order chi connectivity index (χ1) is 1.00. The fraction of sp³-hybridized carbons (Fsp3) is 0. The summed E-state index contributed by atoms with van der Waals surface area (Å²) in [6.45, 7) is 0. The van der Waals surface area contributed by atoms with Gasteiger partial charge in [0, 0.05) is 61.8 Å². The monoisotopic (exact) mass is 386 g/mol. The van der Waals surface area contributed by atoms with Gasteiger partial charge in [0.2, 0.25) is 0 Å². The van der Waals surface area contributed by atoms with Gasteiger partial charge in [0.1, 0.15) is 0 Å². The third kappa shape index (κ3) is 8.97. The Balaban J connectivity index is -0.00000000500. The quantitative estimate of drug-likeness (QED) is 0.567. The average molecular weight is 387 g/mol. The molecule has 0 saturated heterocycles. The Hall–Kier alpha value is 3.24. The second-order valence-corrected chi connectivity index (χ2v) is 0. The summed E-state index contributed by atoms with van der Waals surface area (Å²) in [4.78, 5) is 0. The SMILES string of the molecule is [La].[O]=[Pr].[Zr]. The number of hydrogen-bond donors (Lipinski definition) is 0. The van der Waals surface area contributed by atoms with Crippen molar-refractivity contribution in [1.29, 1.82) is 0 Å². The van der Waals surface area contributed by atoms with Gasteiger partial charge in [-0.1, -0.05) is 0 Å². The van der Waals surface area contributed by atoms with Gasteiger partial charge >= 0.3 is 40.3 Å². The third-order valence-electron chi connectivity index (χ3n) is 0. The van der Waals surface area contributed by atoms with E-state index in [1.807, 2.05) is 0 Å². The van der Waals surface area contributed by atoms with E-state index in [4.69, 9.17) is 0.995 Å². The Bertz CT molecular complexity index is 8.00. The molecule has 0 spiro atoms. The van der Waals surface area contributed by atoms with Gasteiger partial charge in [0.15, 0.2) is 0 Å². The average Bonchev–Trinajstić information content (AvgIpc) is 1.00. The molecule has 0 aliphatic rings. The number of hydrogen-bond acceptors (Lipinski definition) is 1. The molecule has 4 heteroatoms. The van der Waals surface area contributed by atoms with Crippen LogP contribution in [0.15, 0.2) is 0 Å². The fourth-order valence-corrected chi connectivity index (χ4v) is 0. The van der Waals surface area contributed by atoms with Crippen molar-refractivity contribution in [3.63, 3.8) is 0 Å². The van der Waals surface area contributed by atoms with Gasteiger partial charge in [0.25, 0.3) is 0 Å². The van der Waals surface area contributed by atoms with Crippen LogP contribution in [0.3, 0.4) is 0 Å². The van der Waals surface area contributed by atoms with Crippen molar-refractivity contribution >= 4 is 0 Å². The van der Waals surface area contributed by atoms with Crippen LogP contribution in [0, 0.1) is 74.9 Å². The maximum absolute atomic E-state index is 8.42. The first-order valence-electron chi connectivity index (χ1n) is 0.236. The summed E-state index contributed by atoms with van der Waals surface area (Å²) in [7, 11) is 0. The van der Waals surface area contributed by atoms with E-state index in [2.05, 4.69) is 0 Å². The van der Waals surface area contributed by atoms with Crippen molar-refractivity contribution in [2.24, 2.45) is 0 Å². The van der Waals surface area contributed by atoms with Crippen molar-refractivity contribution in [2.75, 3.05) is 0 Å². The van der Waals surface area contributed by atoms with E-state index >= 15 is 0 Å². The van der Waals surface area contributed by atoms with Gasteiger partial charge in [-0.25, -0.2) is 0 Å². The molecular formula is LaOPrZr. The molecule has 0 rings (SSSR count). The Morgan fingerprint density at radius 3 is 1.25 bits per heavy atom. The molecule has 0 unspecified atom stereocenters. The minimum Gasteiger partial charge on any atom is 0 e. The van der Waals surface area contributed by atoms with Gasteiger partial charge < -0.3 is 0 Å². The summed E-state index contributed by atoms with van der Waals surface area (Å²) in [5, 5.41) is 0. The minimum atomic E-state index is -0.0833. The number of rotatable bonds is 0. The summed E-state index contributed by atoms with van der Waals surface area (Å²) in [6.07, 6.45) is 0. The summed E-state index contributed by atoms with van der Waals surface area (Å²) in [5.74, 6) is 0. The zero-order valence-corrected chi connectivity index (χ0v) is 11.9. The van der Waals surface area contributed by atoms with E-state index in [-0.39, 0.29) is 101 Å². The molecule has 0 aromatic carbocycles. The van der Waals surface area contributed by atoms with Crippen LogP contribution in [-0.2, 0) is 27.2 Å². The van der Waals surface area contributed by atoms with E-state index in [9.17, 15) is 0 Å². The first-order valence-corrected chi connectivity index (χ1v) is 1.75. The smallest absolute Gasteiger partial charge is 0 e. The van der Waals surface area contributed by atoms with Crippen molar-refractivity contribution in [1.82, 2.24) is 0 Å². The molecule has 0 N–H and O–H groups in total. The van der Waals surface area contributed by atoms with Crippen molar-refractivity contribution in [2.45, 2.75) is 0 Å². The fourth-order valence-electron chi connectivity index (χ4n) is 0. The summed E-state index contributed by atoms with van der Waals surface area (Å²) >= 11 is -0.0833. The zero-order chi connectivity index (χ0) is 2.00. The minimum absolute atomic E-state index is 0. The van der Waals surface area contributed by atoms with Gasteiger partial charge in [-0.15, -0.1) is 0 Å². The van der Waals surface area contributed by atoms with Crippen LogP contribution in [0.5, 0.6) is 0 Å².